The van der Waals surface area contributed by atoms with Crippen LogP contribution in [-0.2, 0) is 13.0 Å². The van der Waals surface area contributed by atoms with Gasteiger partial charge in [-0.2, -0.15) is 9.36 Å². The summed E-state index contributed by atoms with van der Waals surface area (Å²) in [5, 5.41) is 1.03. The van der Waals surface area contributed by atoms with Crippen molar-refractivity contribution in [1.82, 2.24) is 9.36 Å². The Hall–Kier alpha value is -1.17. The molecule has 6 heteroatoms. The third-order valence-electron chi connectivity index (χ3n) is 2.19. The SMILES string of the molecule is CCc1nsc(Oc2ccc(CN)cc2Cl)n1. The molecule has 0 saturated carbocycles. The Kier molecular flexibility index (Phi) is 3.93. The summed E-state index contributed by atoms with van der Waals surface area (Å²) < 4.78 is 9.70. The molecule has 2 N–H and O–H groups in total. The Morgan fingerprint density at radius 2 is 2.29 bits per heavy atom. The van der Waals surface area contributed by atoms with Crippen molar-refractivity contribution in [1.29, 1.82) is 0 Å². The summed E-state index contributed by atoms with van der Waals surface area (Å²) in [5.41, 5.74) is 6.49. The fourth-order valence-electron chi connectivity index (χ4n) is 1.27. The first kappa shape index (κ1) is 12.3. The molecular formula is C11H12ClN3OS. The molecule has 0 fully saturated rings. The van der Waals surface area contributed by atoms with E-state index >= 15 is 0 Å². The highest BCUT2D eigenvalue weighted by Crippen LogP contribution is 2.30. The van der Waals surface area contributed by atoms with Crippen LogP contribution >= 0.6 is 23.1 Å². The van der Waals surface area contributed by atoms with Gasteiger partial charge in [0.2, 0.25) is 0 Å². The normalized spacial score (nSPS) is 10.5. The molecule has 0 unspecified atom stereocenters. The van der Waals surface area contributed by atoms with Crippen LogP contribution in [0.1, 0.15) is 18.3 Å². The van der Waals surface area contributed by atoms with Crippen molar-refractivity contribution in [2.45, 2.75) is 19.9 Å². The minimum atomic E-state index is 0.457. The number of hydrogen-bond acceptors (Lipinski definition) is 5. The molecule has 0 aliphatic heterocycles. The molecule has 0 aliphatic rings. The van der Waals surface area contributed by atoms with Gasteiger partial charge in [-0.05, 0) is 17.7 Å². The minimum Gasteiger partial charge on any atom is -0.428 e. The maximum atomic E-state index is 6.07. The highest BCUT2D eigenvalue weighted by atomic mass is 35.5. The number of halogens is 1. The second-order valence-electron chi connectivity index (χ2n) is 3.40. The fraction of sp³-hybridized carbons (Fsp3) is 0.273. The molecule has 0 aliphatic carbocycles. The Morgan fingerprint density at radius 1 is 1.47 bits per heavy atom. The summed E-state index contributed by atoms with van der Waals surface area (Å²) in [6, 6.07) is 5.46. The van der Waals surface area contributed by atoms with Gasteiger partial charge in [0.05, 0.1) is 5.02 Å². The lowest BCUT2D eigenvalue weighted by molar-refractivity contribution is 0.477. The molecule has 1 heterocycles. The van der Waals surface area contributed by atoms with Crippen molar-refractivity contribution in [2.75, 3.05) is 0 Å². The van der Waals surface area contributed by atoms with Crippen molar-refractivity contribution in [3.05, 3.63) is 34.6 Å². The lowest BCUT2D eigenvalue weighted by atomic mass is 10.2. The number of aryl methyl sites for hydroxylation is 1. The molecule has 1 aromatic heterocycles. The third-order valence-corrected chi connectivity index (χ3v) is 3.12. The zero-order valence-corrected chi connectivity index (χ0v) is 10.9. The van der Waals surface area contributed by atoms with Gasteiger partial charge in [0.1, 0.15) is 11.6 Å². The van der Waals surface area contributed by atoms with Crippen LogP contribution in [0.4, 0.5) is 0 Å². The van der Waals surface area contributed by atoms with Crippen LogP contribution in [0.5, 0.6) is 10.9 Å². The number of nitrogens with two attached hydrogens (primary N) is 1. The smallest absolute Gasteiger partial charge is 0.298 e. The second kappa shape index (κ2) is 5.44. The second-order valence-corrected chi connectivity index (χ2v) is 4.52. The quantitative estimate of drug-likeness (QED) is 0.927. The molecule has 1 aromatic carbocycles. The molecule has 17 heavy (non-hydrogen) atoms. The predicted octanol–water partition coefficient (Wildman–Crippen LogP) is 3.00. The van der Waals surface area contributed by atoms with Crippen LogP contribution < -0.4 is 10.5 Å². The lowest BCUT2D eigenvalue weighted by Crippen LogP contribution is -1.96. The van der Waals surface area contributed by atoms with Gasteiger partial charge in [0.25, 0.3) is 5.19 Å². The molecule has 2 rings (SSSR count). The highest BCUT2D eigenvalue weighted by Gasteiger charge is 2.08. The molecule has 4 nitrogen and oxygen atoms in total. The molecule has 0 bridgehead atoms. The van der Waals surface area contributed by atoms with Gasteiger partial charge in [-0.15, -0.1) is 0 Å². The van der Waals surface area contributed by atoms with Crippen LogP contribution in [0.15, 0.2) is 18.2 Å². The minimum absolute atomic E-state index is 0.457. The van der Waals surface area contributed by atoms with Crippen LogP contribution in [0.2, 0.25) is 5.02 Å². The van der Waals surface area contributed by atoms with Crippen molar-refractivity contribution in [3.63, 3.8) is 0 Å². The Labute approximate surface area is 109 Å². The van der Waals surface area contributed by atoms with Gasteiger partial charge in [-0.25, -0.2) is 0 Å². The van der Waals surface area contributed by atoms with Crippen molar-refractivity contribution in [2.24, 2.45) is 5.73 Å². The van der Waals surface area contributed by atoms with Gasteiger partial charge in [0, 0.05) is 24.5 Å². The Balaban J connectivity index is 2.18. The number of benzene rings is 1. The van der Waals surface area contributed by atoms with Gasteiger partial charge < -0.3 is 10.5 Å². The van der Waals surface area contributed by atoms with E-state index in [0.29, 0.717) is 22.5 Å². The first-order valence-corrected chi connectivity index (χ1v) is 6.37. The maximum absolute atomic E-state index is 6.07. The third kappa shape index (κ3) is 2.94. The summed E-state index contributed by atoms with van der Waals surface area (Å²) >= 11 is 7.30. The molecule has 2 aromatic rings. The van der Waals surface area contributed by atoms with E-state index in [-0.39, 0.29) is 0 Å². The largest absolute Gasteiger partial charge is 0.428 e. The van der Waals surface area contributed by atoms with E-state index < -0.39 is 0 Å². The molecule has 0 radical (unpaired) electrons. The van der Waals surface area contributed by atoms with Gasteiger partial charge in [-0.1, -0.05) is 24.6 Å². The zero-order chi connectivity index (χ0) is 12.3. The monoisotopic (exact) mass is 269 g/mol. The number of nitrogens with zero attached hydrogens (tertiary/aromatic N) is 2. The van der Waals surface area contributed by atoms with Gasteiger partial charge >= 0.3 is 0 Å². The summed E-state index contributed by atoms with van der Waals surface area (Å²) in [6.45, 7) is 2.45. The Morgan fingerprint density at radius 3 is 2.88 bits per heavy atom. The van der Waals surface area contributed by atoms with Crippen molar-refractivity contribution in [3.8, 4) is 10.9 Å². The topological polar surface area (TPSA) is 61.0 Å². The van der Waals surface area contributed by atoms with Crippen molar-refractivity contribution >= 4 is 23.1 Å². The van der Waals surface area contributed by atoms with E-state index in [1.165, 1.54) is 11.5 Å². The molecular weight excluding hydrogens is 258 g/mol. The molecule has 90 valence electrons. The average Bonchev–Trinajstić information content (AvgIpc) is 2.79. The van der Waals surface area contributed by atoms with E-state index in [9.17, 15) is 0 Å². The summed E-state index contributed by atoms with van der Waals surface area (Å²) in [4.78, 5) is 4.21. The van der Waals surface area contributed by atoms with E-state index in [2.05, 4.69) is 9.36 Å². The predicted molar refractivity (Wildman–Crippen MR) is 68.7 cm³/mol. The zero-order valence-electron chi connectivity index (χ0n) is 9.31. The van der Waals surface area contributed by atoms with Crippen LogP contribution in [-0.4, -0.2) is 9.36 Å². The lowest BCUT2D eigenvalue weighted by Gasteiger charge is -2.05. The summed E-state index contributed by atoms with van der Waals surface area (Å²) in [5.74, 6) is 1.35. The Bertz CT molecular complexity index is 515. The summed E-state index contributed by atoms with van der Waals surface area (Å²) in [7, 11) is 0. The maximum Gasteiger partial charge on any atom is 0.298 e. The molecule has 0 spiro atoms. The van der Waals surface area contributed by atoms with E-state index in [4.69, 9.17) is 22.1 Å². The molecule has 0 atom stereocenters. The first-order chi connectivity index (χ1) is 8.22. The van der Waals surface area contributed by atoms with E-state index in [1.54, 1.807) is 12.1 Å². The van der Waals surface area contributed by atoms with Crippen LogP contribution in [0.3, 0.4) is 0 Å². The summed E-state index contributed by atoms with van der Waals surface area (Å²) in [6.07, 6.45) is 0.791. The first-order valence-electron chi connectivity index (χ1n) is 5.22. The standard InChI is InChI=1S/C11H12ClN3OS/c1-2-10-14-11(17-15-10)16-9-4-3-7(6-13)5-8(9)12/h3-5H,2,6,13H2,1H3. The molecule has 0 amide bonds. The van der Waals surface area contributed by atoms with Crippen molar-refractivity contribution < 1.29 is 4.74 Å². The fourth-order valence-corrected chi connectivity index (χ4v) is 2.14. The number of aromatic nitrogens is 2. The molecule has 0 saturated heterocycles. The highest BCUT2D eigenvalue weighted by molar-refractivity contribution is 7.07. The average molecular weight is 270 g/mol. The van der Waals surface area contributed by atoms with Gasteiger partial charge in [-0.3, -0.25) is 0 Å². The van der Waals surface area contributed by atoms with Gasteiger partial charge in [0.15, 0.2) is 0 Å². The van der Waals surface area contributed by atoms with Crippen LogP contribution in [0.25, 0.3) is 0 Å². The number of ether oxygens (including phenoxy) is 1. The number of hydrogen-bond donors (Lipinski definition) is 1. The number of rotatable bonds is 4. The van der Waals surface area contributed by atoms with Crippen LogP contribution in [0, 0.1) is 0 Å². The van der Waals surface area contributed by atoms with E-state index in [0.717, 1.165) is 17.8 Å². The van der Waals surface area contributed by atoms with E-state index in [1.807, 2.05) is 13.0 Å².